The van der Waals surface area contributed by atoms with Crippen LogP contribution in [0.25, 0.3) is 0 Å². The van der Waals surface area contributed by atoms with Crippen molar-refractivity contribution < 1.29 is 33.8 Å². The van der Waals surface area contributed by atoms with Crippen molar-refractivity contribution >= 4 is 47.3 Å². The molecule has 2 atom stereocenters. The molecule has 0 aliphatic carbocycles. The lowest BCUT2D eigenvalue weighted by Gasteiger charge is -2.17. The summed E-state index contributed by atoms with van der Waals surface area (Å²) in [7, 11) is 0. The molecule has 188 valence electrons. The molecular formula is C24H27ClN2O7S. The maximum absolute atomic E-state index is 12.4. The predicted octanol–water partition coefficient (Wildman–Crippen LogP) is 3.54. The number of benzene rings is 2. The van der Waals surface area contributed by atoms with E-state index in [1.165, 1.54) is 30.0 Å². The normalized spacial score (nSPS) is 12.2. The van der Waals surface area contributed by atoms with E-state index in [2.05, 4.69) is 10.6 Å². The number of hydrogen-bond acceptors (Lipinski definition) is 7. The highest BCUT2D eigenvalue weighted by Gasteiger charge is 2.24. The number of carbonyl (C=O) groups is 4. The summed E-state index contributed by atoms with van der Waals surface area (Å²) in [5.74, 6) is -1.49. The van der Waals surface area contributed by atoms with Crippen LogP contribution in [0.2, 0.25) is 5.02 Å². The lowest BCUT2D eigenvalue weighted by Crippen LogP contribution is -2.43. The summed E-state index contributed by atoms with van der Waals surface area (Å²) in [6.07, 6.45) is 1.47. The van der Waals surface area contributed by atoms with Gasteiger partial charge in [-0.15, -0.1) is 0 Å². The molecule has 2 unspecified atom stereocenters. The van der Waals surface area contributed by atoms with Gasteiger partial charge < -0.3 is 25.2 Å². The number of aliphatic carboxylic acids is 1. The predicted molar refractivity (Wildman–Crippen MR) is 133 cm³/mol. The van der Waals surface area contributed by atoms with Gasteiger partial charge in [-0.2, -0.15) is 11.8 Å². The number of nitrogens with one attached hydrogen (secondary N) is 2. The van der Waals surface area contributed by atoms with Crippen LogP contribution in [0, 0.1) is 0 Å². The number of hydrogen-bond donors (Lipinski definition) is 3. The fourth-order valence-electron chi connectivity index (χ4n) is 3.02. The number of esters is 1. The van der Waals surface area contributed by atoms with Crippen LogP contribution in [-0.4, -0.2) is 59.7 Å². The fourth-order valence-corrected chi connectivity index (χ4v) is 3.71. The highest BCUT2D eigenvalue weighted by atomic mass is 35.5. The number of carboxylic acids is 1. The number of carboxylic acid groups (broad SMARTS) is 1. The van der Waals surface area contributed by atoms with E-state index in [9.17, 15) is 24.3 Å². The zero-order valence-corrected chi connectivity index (χ0v) is 20.9. The molecule has 0 aliphatic rings. The van der Waals surface area contributed by atoms with E-state index in [4.69, 9.17) is 21.1 Å². The summed E-state index contributed by atoms with van der Waals surface area (Å²) in [5.41, 5.74) is 0.766. The SMILES string of the molecule is CCOC(=O)C(CCSC)NC(=O)Oc1ccc(CC(NC(=O)c2ccccc2Cl)C(=O)O)cc1. The first-order valence-electron chi connectivity index (χ1n) is 10.8. The average molecular weight is 523 g/mol. The Hall–Kier alpha value is -3.24. The molecule has 35 heavy (non-hydrogen) atoms. The topological polar surface area (TPSA) is 131 Å². The van der Waals surface area contributed by atoms with Crippen LogP contribution >= 0.6 is 23.4 Å². The second-order valence-electron chi connectivity index (χ2n) is 7.31. The zero-order valence-electron chi connectivity index (χ0n) is 19.3. The average Bonchev–Trinajstić information content (AvgIpc) is 2.82. The van der Waals surface area contributed by atoms with E-state index in [-0.39, 0.29) is 29.4 Å². The molecule has 0 saturated heterocycles. The van der Waals surface area contributed by atoms with Crippen molar-refractivity contribution in [1.29, 1.82) is 0 Å². The number of halogens is 1. The quantitative estimate of drug-likeness (QED) is 0.361. The summed E-state index contributed by atoms with van der Waals surface area (Å²) < 4.78 is 10.2. The van der Waals surface area contributed by atoms with Crippen molar-refractivity contribution in [3.8, 4) is 5.75 Å². The van der Waals surface area contributed by atoms with Crippen LogP contribution in [0.15, 0.2) is 48.5 Å². The Morgan fingerprint density at radius 3 is 2.31 bits per heavy atom. The van der Waals surface area contributed by atoms with Gasteiger partial charge >= 0.3 is 18.0 Å². The maximum atomic E-state index is 12.4. The van der Waals surface area contributed by atoms with Gasteiger partial charge in [0.25, 0.3) is 5.91 Å². The van der Waals surface area contributed by atoms with Crippen molar-refractivity contribution in [1.82, 2.24) is 10.6 Å². The summed E-state index contributed by atoms with van der Waals surface area (Å²) in [4.78, 5) is 48.4. The molecule has 0 bridgehead atoms. The van der Waals surface area contributed by atoms with Crippen LogP contribution in [-0.2, 0) is 20.7 Å². The summed E-state index contributed by atoms with van der Waals surface area (Å²) in [6, 6.07) is 10.5. The number of ether oxygens (including phenoxy) is 2. The first-order valence-corrected chi connectivity index (χ1v) is 12.5. The van der Waals surface area contributed by atoms with Gasteiger partial charge in [0, 0.05) is 6.42 Å². The Balaban J connectivity index is 1.98. The van der Waals surface area contributed by atoms with Crippen molar-refractivity contribution in [2.24, 2.45) is 0 Å². The van der Waals surface area contributed by atoms with Gasteiger partial charge in [0.05, 0.1) is 17.2 Å². The summed E-state index contributed by atoms with van der Waals surface area (Å²) >= 11 is 7.54. The third kappa shape index (κ3) is 9.14. The smallest absolute Gasteiger partial charge is 0.413 e. The molecule has 2 aromatic rings. The Morgan fingerprint density at radius 2 is 1.71 bits per heavy atom. The molecule has 2 rings (SSSR count). The molecule has 0 saturated carbocycles. The Bertz CT molecular complexity index is 1030. The molecule has 3 N–H and O–H groups in total. The number of thioether (sulfide) groups is 1. The highest BCUT2D eigenvalue weighted by molar-refractivity contribution is 7.98. The van der Waals surface area contributed by atoms with Crippen LogP contribution in [0.5, 0.6) is 5.75 Å². The van der Waals surface area contributed by atoms with E-state index in [0.717, 1.165) is 0 Å². The number of rotatable bonds is 12. The van der Waals surface area contributed by atoms with Gasteiger partial charge in [0.15, 0.2) is 0 Å². The third-order valence-electron chi connectivity index (χ3n) is 4.77. The first kappa shape index (κ1) is 28.0. The zero-order chi connectivity index (χ0) is 25.8. The maximum Gasteiger partial charge on any atom is 0.413 e. The Kier molecular flexibility index (Phi) is 11.4. The van der Waals surface area contributed by atoms with Gasteiger partial charge in [-0.25, -0.2) is 14.4 Å². The molecular weight excluding hydrogens is 496 g/mol. The van der Waals surface area contributed by atoms with Crippen LogP contribution in [0.4, 0.5) is 4.79 Å². The molecule has 2 aromatic carbocycles. The fraction of sp³-hybridized carbons (Fsp3) is 0.333. The molecule has 0 heterocycles. The molecule has 0 spiro atoms. The molecule has 0 aliphatic heterocycles. The molecule has 9 nitrogen and oxygen atoms in total. The molecule has 2 amide bonds. The summed E-state index contributed by atoms with van der Waals surface area (Å²) in [6.45, 7) is 1.88. The summed E-state index contributed by atoms with van der Waals surface area (Å²) in [5, 5.41) is 14.7. The Morgan fingerprint density at radius 1 is 1.03 bits per heavy atom. The van der Waals surface area contributed by atoms with Crippen LogP contribution in [0.1, 0.15) is 29.3 Å². The van der Waals surface area contributed by atoms with Gasteiger partial charge in [-0.3, -0.25) is 4.79 Å². The highest BCUT2D eigenvalue weighted by Crippen LogP contribution is 2.17. The molecule has 11 heteroatoms. The van der Waals surface area contributed by atoms with Gasteiger partial charge in [0.2, 0.25) is 0 Å². The van der Waals surface area contributed by atoms with E-state index < -0.39 is 36.0 Å². The van der Waals surface area contributed by atoms with Crippen molar-refractivity contribution in [3.05, 3.63) is 64.7 Å². The largest absolute Gasteiger partial charge is 0.480 e. The second kappa shape index (κ2) is 14.2. The van der Waals surface area contributed by atoms with Crippen LogP contribution in [0.3, 0.4) is 0 Å². The lowest BCUT2D eigenvalue weighted by atomic mass is 10.1. The van der Waals surface area contributed by atoms with Crippen molar-refractivity contribution in [2.45, 2.75) is 31.8 Å². The minimum absolute atomic E-state index is 0.00236. The minimum atomic E-state index is -1.21. The number of amides is 2. The van der Waals surface area contributed by atoms with Gasteiger partial charge in [0.1, 0.15) is 17.8 Å². The second-order valence-corrected chi connectivity index (χ2v) is 8.70. The van der Waals surface area contributed by atoms with Crippen molar-refractivity contribution in [2.75, 3.05) is 18.6 Å². The third-order valence-corrected chi connectivity index (χ3v) is 5.74. The first-order chi connectivity index (χ1) is 16.7. The molecule has 0 aromatic heterocycles. The van der Waals surface area contributed by atoms with Crippen LogP contribution < -0.4 is 15.4 Å². The number of carbonyl (C=O) groups excluding carboxylic acids is 3. The lowest BCUT2D eigenvalue weighted by molar-refractivity contribution is -0.145. The minimum Gasteiger partial charge on any atom is -0.480 e. The van der Waals surface area contributed by atoms with E-state index >= 15 is 0 Å². The van der Waals surface area contributed by atoms with Gasteiger partial charge in [-0.05, 0) is 55.2 Å². The Labute approximate surface area is 212 Å². The van der Waals surface area contributed by atoms with E-state index in [0.29, 0.717) is 17.7 Å². The molecule has 0 radical (unpaired) electrons. The molecule has 0 fully saturated rings. The van der Waals surface area contributed by atoms with Gasteiger partial charge in [-0.1, -0.05) is 35.9 Å². The van der Waals surface area contributed by atoms with E-state index in [1.54, 1.807) is 37.3 Å². The standard InChI is InChI=1S/C24H27ClN2O7S/c1-3-33-23(31)19(12-13-35-2)27-24(32)34-16-10-8-15(9-11-16)14-20(22(29)30)26-21(28)17-6-4-5-7-18(17)25/h4-11,19-20H,3,12-14H2,1-2H3,(H,26,28)(H,27,32)(H,29,30). The van der Waals surface area contributed by atoms with E-state index in [1.807, 2.05) is 6.26 Å². The monoisotopic (exact) mass is 522 g/mol. The van der Waals surface area contributed by atoms with Crippen molar-refractivity contribution in [3.63, 3.8) is 0 Å².